The molecule has 0 aliphatic carbocycles. The Balaban J connectivity index is 2.63. The molecule has 0 saturated carbocycles. The van der Waals surface area contributed by atoms with Gasteiger partial charge in [0.05, 0.1) is 13.2 Å². The second kappa shape index (κ2) is 5.08. The number of hydrogen-bond acceptors (Lipinski definition) is 5. The number of aromatic amines is 1. The quantitative estimate of drug-likeness (QED) is 0.687. The van der Waals surface area contributed by atoms with E-state index in [1.165, 1.54) is 6.20 Å². The maximum atomic E-state index is 11.5. The second-order valence-electron chi connectivity index (χ2n) is 3.15. The Morgan fingerprint density at radius 1 is 1.69 bits per heavy atom. The molecular weight excluding hydrogens is 234 g/mol. The molecule has 0 radical (unpaired) electrons. The molecule has 0 bridgehead atoms. The van der Waals surface area contributed by atoms with Gasteiger partial charge in [-0.15, -0.1) is 0 Å². The van der Waals surface area contributed by atoms with Crippen LogP contribution in [0.1, 0.15) is 18.8 Å². The van der Waals surface area contributed by atoms with E-state index in [2.05, 4.69) is 19.4 Å². The number of sulfonamides is 1. The van der Waals surface area contributed by atoms with Crippen molar-refractivity contribution in [1.82, 2.24) is 14.7 Å². The Hall–Kier alpha value is -1.41. The van der Waals surface area contributed by atoms with E-state index in [0.717, 1.165) is 7.11 Å². The molecule has 0 spiro atoms. The lowest BCUT2D eigenvalue weighted by Crippen LogP contribution is -2.33. The number of carbonyl (C=O) groups is 1. The van der Waals surface area contributed by atoms with Crippen molar-refractivity contribution >= 4 is 16.0 Å². The molecule has 1 aromatic heterocycles. The smallest absolute Gasteiger partial charge is 0.322 e. The van der Waals surface area contributed by atoms with Crippen molar-refractivity contribution in [2.45, 2.75) is 13.0 Å². The minimum atomic E-state index is -3.70. The van der Waals surface area contributed by atoms with Crippen LogP contribution in [0.2, 0.25) is 0 Å². The van der Waals surface area contributed by atoms with Crippen LogP contribution in [0.4, 0.5) is 0 Å². The molecule has 1 rings (SSSR count). The van der Waals surface area contributed by atoms with Crippen molar-refractivity contribution in [3.63, 3.8) is 0 Å². The lowest BCUT2D eigenvalue weighted by molar-refractivity contribution is -0.137. The Morgan fingerprint density at radius 3 is 2.88 bits per heavy atom. The van der Waals surface area contributed by atoms with Crippen LogP contribution in [0.15, 0.2) is 12.4 Å². The maximum Gasteiger partial charge on any atom is 0.322 e. The first-order valence-electron chi connectivity index (χ1n) is 4.50. The van der Waals surface area contributed by atoms with E-state index < -0.39 is 27.8 Å². The van der Waals surface area contributed by atoms with E-state index in [0.29, 0.717) is 5.82 Å². The monoisotopic (exact) mass is 247 g/mol. The first-order valence-corrected chi connectivity index (χ1v) is 6.16. The molecule has 7 nitrogen and oxygen atoms in total. The zero-order valence-corrected chi connectivity index (χ0v) is 9.74. The zero-order valence-electron chi connectivity index (χ0n) is 8.93. The number of hydrogen-bond donors (Lipinski definition) is 2. The standard InChI is InChI=1S/C8H13N3O4S/c1-6(8-9-3-4-10-8)11-16(13,14)5-7(12)15-2/h3-4,6,11H,5H2,1-2H3,(H,9,10). The molecule has 1 unspecified atom stereocenters. The van der Waals surface area contributed by atoms with E-state index in [4.69, 9.17) is 0 Å². The summed E-state index contributed by atoms with van der Waals surface area (Å²) in [6.07, 6.45) is 3.10. The highest BCUT2D eigenvalue weighted by atomic mass is 32.2. The molecule has 1 aromatic rings. The predicted molar refractivity (Wildman–Crippen MR) is 55.9 cm³/mol. The summed E-state index contributed by atoms with van der Waals surface area (Å²) in [5.74, 6) is -1.03. The number of carbonyl (C=O) groups excluding carboxylic acids is 1. The minimum absolute atomic E-state index is 0.480. The number of nitrogens with one attached hydrogen (secondary N) is 2. The summed E-state index contributed by atoms with van der Waals surface area (Å²) in [6, 6.07) is -0.523. The first-order chi connectivity index (χ1) is 7.44. The van der Waals surface area contributed by atoms with Gasteiger partial charge in [0.1, 0.15) is 5.82 Å². The molecular formula is C8H13N3O4S. The van der Waals surface area contributed by atoms with Crippen molar-refractivity contribution in [2.75, 3.05) is 12.9 Å². The van der Waals surface area contributed by atoms with Crippen LogP contribution >= 0.6 is 0 Å². The maximum absolute atomic E-state index is 11.5. The molecule has 0 fully saturated rings. The Kier molecular flexibility index (Phi) is 4.02. The van der Waals surface area contributed by atoms with Gasteiger partial charge in [-0.1, -0.05) is 0 Å². The van der Waals surface area contributed by atoms with E-state index in [-0.39, 0.29) is 0 Å². The molecule has 8 heteroatoms. The number of imidazole rings is 1. The van der Waals surface area contributed by atoms with Crippen LogP contribution < -0.4 is 4.72 Å². The highest BCUT2D eigenvalue weighted by molar-refractivity contribution is 7.90. The van der Waals surface area contributed by atoms with Crippen LogP contribution in [0, 0.1) is 0 Å². The summed E-state index contributed by atoms with van der Waals surface area (Å²) >= 11 is 0. The van der Waals surface area contributed by atoms with Gasteiger partial charge in [0.15, 0.2) is 5.75 Å². The number of methoxy groups -OCH3 is 1. The van der Waals surface area contributed by atoms with Crippen LogP contribution in [0.5, 0.6) is 0 Å². The van der Waals surface area contributed by atoms with E-state index in [1.807, 2.05) is 0 Å². The molecule has 16 heavy (non-hydrogen) atoms. The SMILES string of the molecule is COC(=O)CS(=O)(=O)NC(C)c1ncc[nH]1. The molecule has 1 heterocycles. The lowest BCUT2D eigenvalue weighted by Gasteiger charge is -2.10. The fourth-order valence-electron chi connectivity index (χ4n) is 1.10. The van der Waals surface area contributed by atoms with Gasteiger partial charge in [-0.05, 0) is 6.92 Å². The average molecular weight is 247 g/mol. The number of ether oxygens (including phenoxy) is 1. The molecule has 1 atom stereocenters. The predicted octanol–water partition coefficient (Wildman–Crippen LogP) is -0.437. The van der Waals surface area contributed by atoms with Gasteiger partial charge in [0.2, 0.25) is 10.0 Å². The number of aromatic nitrogens is 2. The van der Waals surface area contributed by atoms with Gasteiger partial charge in [-0.3, -0.25) is 4.79 Å². The van der Waals surface area contributed by atoms with Gasteiger partial charge in [-0.2, -0.15) is 0 Å². The van der Waals surface area contributed by atoms with E-state index >= 15 is 0 Å². The topological polar surface area (TPSA) is 101 Å². The Bertz CT molecular complexity index is 440. The van der Waals surface area contributed by atoms with Crippen molar-refractivity contribution < 1.29 is 17.9 Å². The van der Waals surface area contributed by atoms with Gasteiger partial charge in [0.25, 0.3) is 0 Å². The van der Waals surface area contributed by atoms with Crippen LogP contribution in [0.3, 0.4) is 0 Å². The van der Waals surface area contributed by atoms with Crippen molar-refractivity contribution in [2.24, 2.45) is 0 Å². The third-order valence-electron chi connectivity index (χ3n) is 1.82. The fraction of sp³-hybridized carbons (Fsp3) is 0.500. The Labute approximate surface area is 93.3 Å². The minimum Gasteiger partial charge on any atom is -0.468 e. The van der Waals surface area contributed by atoms with Crippen molar-refractivity contribution in [3.05, 3.63) is 18.2 Å². The molecule has 0 aliphatic heterocycles. The van der Waals surface area contributed by atoms with Crippen molar-refractivity contribution in [1.29, 1.82) is 0 Å². The van der Waals surface area contributed by atoms with Crippen molar-refractivity contribution in [3.8, 4) is 0 Å². The molecule has 2 N–H and O–H groups in total. The third kappa shape index (κ3) is 3.63. The number of esters is 1. The number of H-pyrrole nitrogens is 1. The number of rotatable bonds is 5. The van der Waals surface area contributed by atoms with Crippen LogP contribution in [-0.4, -0.2) is 37.2 Å². The van der Waals surface area contributed by atoms with Gasteiger partial charge in [0, 0.05) is 12.4 Å². The van der Waals surface area contributed by atoms with E-state index in [9.17, 15) is 13.2 Å². The summed E-state index contributed by atoms with van der Waals surface area (Å²) in [6.45, 7) is 1.62. The highest BCUT2D eigenvalue weighted by Crippen LogP contribution is 2.07. The highest BCUT2D eigenvalue weighted by Gasteiger charge is 2.21. The summed E-state index contributed by atoms with van der Waals surface area (Å²) in [7, 11) is -2.57. The summed E-state index contributed by atoms with van der Waals surface area (Å²) in [5.41, 5.74) is 0. The largest absolute Gasteiger partial charge is 0.468 e. The lowest BCUT2D eigenvalue weighted by atomic mass is 10.3. The van der Waals surface area contributed by atoms with Gasteiger partial charge in [-0.25, -0.2) is 18.1 Å². The third-order valence-corrected chi connectivity index (χ3v) is 3.15. The number of nitrogens with zero attached hydrogens (tertiary/aromatic N) is 1. The first kappa shape index (κ1) is 12.7. The summed E-state index contributed by atoms with van der Waals surface area (Å²) in [5, 5.41) is 0. The van der Waals surface area contributed by atoms with E-state index in [1.54, 1.807) is 13.1 Å². The van der Waals surface area contributed by atoms with Crippen LogP contribution in [-0.2, 0) is 19.6 Å². The summed E-state index contributed by atoms with van der Waals surface area (Å²) in [4.78, 5) is 17.5. The summed E-state index contributed by atoms with van der Waals surface area (Å²) < 4.78 is 29.5. The molecule has 0 aromatic carbocycles. The average Bonchev–Trinajstić information content (AvgIpc) is 2.68. The van der Waals surface area contributed by atoms with Gasteiger partial charge < -0.3 is 9.72 Å². The van der Waals surface area contributed by atoms with Crippen LogP contribution in [0.25, 0.3) is 0 Å². The molecule has 0 amide bonds. The normalized spacial score (nSPS) is 13.4. The fourth-order valence-corrected chi connectivity index (χ4v) is 2.26. The second-order valence-corrected chi connectivity index (χ2v) is 4.90. The van der Waals surface area contributed by atoms with Gasteiger partial charge >= 0.3 is 5.97 Å². The zero-order chi connectivity index (χ0) is 12.2. The molecule has 90 valence electrons. The Morgan fingerprint density at radius 2 is 2.38 bits per heavy atom. The molecule has 0 aliphatic rings. The molecule has 0 saturated heterocycles.